The summed E-state index contributed by atoms with van der Waals surface area (Å²) in [5.74, 6) is 0.260. The third kappa shape index (κ3) is 5.44. The predicted octanol–water partition coefficient (Wildman–Crippen LogP) is 4.38. The van der Waals surface area contributed by atoms with Crippen LogP contribution in [0.25, 0.3) is 0 Å². The van der Waals surface area contributed by atoms with Gasteiger partial charge in [0.1, 0.15) is 11.9 Å². The highest BCUT2D eigenvalue weighted by Gasteiger charge is 2.15. The molecule has 1 atom stereocenters. The van der Waals surface area contributed by atoms with E-state index in [0.29, 0.717) is 18.8 Å². The molecule has 0 aliphatic rings. The van der Waals surface area contributed by atoms with Crippen LogP contribution in [0.4, 0.5) is 0 Å². The molecule has 1 unspecified atom stereocenters. The van der Waals surface area contributed by atoms with E-state index in [9.17, 15) is 10.1 Å². The van der Waals surface area contributed by atoms with E-state index < -0.39 is 12.1 Å². The van der Waals surface area contributed by atoms with Crippen LogP contribution in [0.1, 0.15) is 34.8 Å². The molecule has 26 heavy (non-hydrogen) atoms. The van der Waals surface area contributed by atoms with Crippen molar-refractivity contribution in [3.63, 3.8) is 0 Å². The van der Waals surface area contributed by atoms with Crippen LogP contribution in [0.5, 0.6) is 5.75 Å². The number of rotatable bonds is 9. The summed E-state index contributed by atoms with van der Waals surface area (Å²) in [7, 11) is 0. The Morgan fingerprint density at radius 1 is 1.08 bits per heavy atom. The maximum atomic E-state index is 10.9. The first kappa shape index (κ1) is 19.7. The highest BCUT2D eigenvalue weighted by molar-refractivity contribution is 5.81. The van der Waals surface area contributed by atoms with E-state index in [0.717, 1.165) is 22.8 Å². The summed E-state index contributed by atoms with van der Waals surface area (Å²) in [5.41, 5.74) is 4.03. The molecule has 5 heteroatoms. The molecule has 138 valence electrons. The molecule has 0 fully saturated rings. The molecule has 0 saturated carbocycles. The van der Waals surface area contributed by atoms with Crippen LogP contribution in [-0.4, -0.2) is 24.4 Å². The van der Waals surface area contributed by atoms with Gasteiger partial charge in [-0.05, 0) is 48.2 Å². The number of benzene rings is 2. The Morgan fingerprint density at radius 2 is 1.77 bits per heavy atom. The number of aryl methyl sites for hydroxylation is 2. The molecule has 0 bridgehead atoms. The Kier molecular flexibility index (Phi) is 7.38. The van der Waals surface area contributed by atoms with Crippen LogP contribution in [0.3, 0.4) is 0 Å². The lowest BCUT2D eigenvalue weighted by atomic mass is 9.98. The van der Waals surface area contributed by atoms with Gasteiger partial charge < -0.3 is 9.47 Å². The first-order valence-electron chi connectivity index (χ1n) is 8.44. The molecule has 0 amide bonds. The fraction of sp³-hybridized carbons (Fsp3) is 0.286. The summed E-state index contributed by atoms with van der Waals surface area (Å²) in [4.78, 5) is 15.6. The van der Waals surface area contributed by atoms with Crippen molar-refractivity contribution in [2.45, 2.75) is 26.4 Å². The summed E-state index contributed by atoms with van der Waals surface area (Å²) in [6.45, 7) is 8.12. The van der Waals surface area contributed by atoms with Crippen molar-refractivity contribution in [3.05, 3.63) is 77.4 Å². The molecule has 0 spiro atoms. The Balaban J connectivity index is 1.93. The Morgan fingerprint density at radius 3 is 2.38 bits per heavy atom. The topological polar surface area (TPSA) is 65.0 Å². The molecular formula is C21H24O5. The number of carbonyl (C=O) groups excluding carboxylic acids is 1. The van der Waals surface area contributed by atoms with Crippen molar-refractivity contribution < 1.29 is 24.4 Å². The lowest BCUT2D eigenvalue weighted by Crippen LogP contribution is -2.07. The molecule has 5 nitrogen and oxygen atoms in total. The van der Waals surface area contributed by atoms with Crippen molar-refractivity contribution in [1.82, 2.24) is 0 Å². The van der Waals surface area contributed by atoms with E-state index in [1.165, 1.54) is 5.56 Å². The summed E-state index contributed by atoms with van der Waals surface area (Å²) >= 11 is 0. The van der Waals surface area contributed by atoms with E-state index in [4.69, 9.17) is 14.4 Å². The van der Waals surface area contributed by atoms with E-state index in [-0.39, 0.29) is 6.61 Å². The quantitative estimate of drug-likeness (QED) is 0.237. The second-order valence-electron chi connectivity index (χ2n) is 5.97. The monoisotopic (exact) mass is 356 g/mol. The number of hydrogen-bond acceptors (Lipinski definition) is 5. The van der Waals surface area contributed by atoms with Gasteiger partial charge in [-0.25, -0.2) is 9.68 Å². The predicted molar refractivity (Wildman–Crippen MR) is 99.2 cm³/mol. The average molecular weight is 356 g/mol. The number of carbonyl (C=O) groups is 1. The van der Waals surface area contributed by atoms with Crippen LogP contribution in [-0.2, 0) is 14.4 Å². The van der Waals surface area contributed by atoms with Crippen molar-refractivity contribution in [2.24, 2.45) is 0 Å². The highest BCUT2D eigenvalue weighted by atomic mass is 17.1. The van der Waals surface area contributed by atoms with E-state index in [2.05, 4.69) is 6.58 Å². The summed E-state index contributed by atoms with van der Waals surface area (Å²) < 4.78 is 10.5. The lowest BCUT2D eigenvalue weighted by molar-refractivity contribution is -0.270. The molecule has 2 aromatic carbocycles. The van der Waals surface area contributed by atoms with Gasteiger partial charge in [0.05, 0.1) is 13.2 Å². The zero-order chi connectivity index (χ0) is 18.9. The second-order valence-corrected chi connectivity index (χ2v) is 5.97. The SMILES string of the molecule is C=CC(=O)OCCCOc1ccc(C(OO)c2ccc(C)c(C)c2)cc1. The third-order valence-corrected chi connectivity index (χ3v) is 4.09. The fourth-order valence-electron chi connectivity index (χ4n) is 2.46. The molecule has 0 aliphatic heterocycles. The average Bonchev–Trinajstić information content (AvgIpc) is 2.65. The van der Waals surface area contributed by atoms with E-state index >= 15 is 0 Å². The fourth-order valence-corrected chi connectivity index (χ4v) is 2.46. The molecule has 2 aromatic rings. The Hall–Kier alpha value is -2.63. The largest absolute Gasteiger partial charge is 0.493 e. The zero-order valence-electron chi connectivity index (χ0n) is 15.1. The lowest BCUT2D eigenvalue weighted by Gasteiger charge is -2.16. The molecule has 0 saturated heterocycles. The molecule has 0 aliphatic carbocycles. The van der Waals surface area contributed by atoms with Crippen molar-refractivity contribution in [2.75, 3.05) is 13.2 Å². The molecular weight excluding hydrogens is 332 g/mol. The van der Waals surface area contributed by atoms with Crippen LogP contribution in [0.15, 0.2) is 55.1 Å². The van der Waals surface area contributed by atoms with Gasteiger partial charge >= 0.3 is 5.97 Å². The minimum Gasteiger partial charge on any atom is -0.493 e. The zero-order valence-corrected chi connectivity index (χ0v) is 15.1. The first-order chi connectivity index (χ1) is 12.5. The normalized spacial score (nSPS) is 11.7. The highest BCUT2D eigenvalue weighted by Crippen LogP contribution is 2.28. The van der Waals surface area contributed by atoms with Gasteiger partial charge in [-0.15, -0.1) is 0 Å². The van der Waals surface area contributed by atoms with E-state index in [1.54, 1.807) is 0 Å². The smallest absolute Gasteiger partial charge is 0.330 e. The summed E-state index contributed by atoms with van der Waals surface area (Å²) in [6.07, 6.45) is 1.17. The second kappa shape index (κ2) is 9.75. The minimum atomic E-state index is -0.554. The number of ether oxygens (including phenoxy) is 2. The minimum absolute atomic E-state index is 0.288. The van der Waals surface area contributed by atoms with Gasteiger partial charge in [-0.2, -0.15) is 0 Å². The van der Waals surface area contributed by atoms with Gasteiger partial charge in [0.25, 0.3) is 0 Å². The van der Waals surface area contributed by atoms with Crippen LogP contribution < -0.4 is 4.74 Å². The van der Waals surface area contributed by atoms with Gasteiger partial charge in [-0.1, -0.05) is 36.9 Å². The van der Waals surface area contributed by atoms with Crippen LogP contribution >= 0.6 is 0 Å². The van der Waals surface area contributed by atoms with Gasteiger partial charge in [0, 0.05) is 12.5 Å². The standard InChI is InChI=1S/C21H24O5/c1-4-20(22)25-13-5-12-24-19-10-8-17(9-11-19)21(26-23)18-7-6-15(2)16(3)14-18/h4,6-11,14,21,23H,1,5,12-13H2,2-3H3. The van der Waals surface area contributed by atoms with Gasteiger partial charge in [0.2, 0.25) is 0 Å². The van der Waals surface area contributed by atoms with Crippen molar-refractivity contribution >= 4 is 5.97 Å². The maximum absolute atomic E-state index is 10.9. The van der Waals surface area contributed by atoms with Crippen LogP contribution in [0, 0.1) is 13.8 Å². The molecule has 0 aromatic heterocycles. The van der Waals surface area contributed by atoms with Crippen molar-refractivity contribution in [3.8, 4) is 5.75 Å². The Bertz CT molecular complexity index is 737. The molecule has 2 rings (SSSR count). The molecule has 0 radical (unpaired) electrons. The maximum Gasteiger partial charge on any atom is 0.330 e. The molecule has 1 N–H and O–H groups in total. The number of esters is 1. The van der Waals surface area contributed by atoms with Gasteiger partial charge in [0.15, 0.2) is 0 Å². The molecule has 0 heterocycles. The van der Waals surface area contributed by atoms with Crippen LogP contribution in [0.2, 0.25) is 0 Å². The van der Waals surface area contributed by atoms with Gasteiger partial charge in [-0.3, -0.25) is 5.26 Å². The number of hydrogen-bond donors (Lipinski definition) is 1. The van der Waals surface area contributed by atoms with Crippen molar-refractivity contribution in [1.29, 1.82) is 0 Å². The van der Waals surface area contributed by atoms with E-state index in [1.807, 2.05) is 56.3 Å². The summed E-state index contributed by atoms with van der Waals surface area (Å²) in [5, 5.41) is 9.35. The summed E-state index contributed by atoms with van der Waals surface area (Å²) in [6, 6.07) is 13.3. The third-order valence-electron chi connectivity index (χ3n) is 4.09. The first-order valence-corrected chi connectivity index (χ1v) is 8.44. The Labute approximate surface area is 153 Å².